The maximum atomic E-state index is 12.7. The number of sulfonamides is 1. The second kappa shape index (κ2) is 6.92. The largest absolute Gasteiger partial charge is 0.310 e. The van der Waals surface area contributed by atoms with Crippen LogP contribution in [-0.2, 0) is 16.6 Å². The lowest BCUT2D eigenvalue weighted by Crippen LogP contribution is -2.31. The normalized spacial score (nSPS) is 15.4. The summed E-state index contributed by atoms with van der Waals surface area (Å²) in [6.07, 6.45) is 3.97. The van der Waals surface area contributed by atoms with Crippen molar-refractivity contribution in [2.24, 2.45) is 0 Å². The van der Waals surface area contributed by atoms with Crippen LogP contribution in [0.3, 0.4) is 0 Å². The fourth-order valence-corrected chi connectivity index (χ4v) is 4.03. The number of hydrogen-bond donors (Lipinski definition) is 1. The molecule has 1 aliphatic rings. The van der Waals surface area contributed by atoms with E-state index in [4.69, 9.17) is 11.6 Å². The van der Waals surface area contributed by atoms with E-state index in [2.05, 4.69) is 11.9 Å². The van der Waals surface area contributed by atoms with Crippen molar-refractivity contribution in [2.45, 2.75) is 37.2 Å². The first kappa shape index (κ1) is 16.5. The summed E-state index contributed by atoms with van der Waals surface area (Å²) >= 11 is 6.10. The van der Waals surface area contributed by atoms with Gasteiger partial charge in [-0.25, -0.2) is 8.42 Å². The SMILES string of the molecule is C=CCN(CC)S(=O)(=O)c1cc(CNC2CC2)ccc1Cl. The molecule has 0 aliphatic heterocycles. The summed E-state index contributed by atoms with van der Waals surface area (Å²) < 4.78 is 26.7. The number of likely N-dealkylation sites (N-methyl/N-ethyl adjacent to an activating group) is 1. The van der Waals surface area contributed by atoms with Crippen LogP contribution in [0.4, 0.5) is 0 Å². The summed E-state index contributed by atoms with van der Waals surface area (Å²) in [4.78, 5) is 0.169. The third-order valence-electron chi connectivity index (χ3n) is 3.47. The molecule has 0 saturated heterocycles. The van der Waals surface area contributed by atoms with Gasteiger partial charge in [0.2, 0.25) is 10.0 Å². The molecule has 21 heavy (non-hydrogen) atoms. The van der Waals surface area contributed by atoms with Crippen molar-refractivity contribution in [3.05, 3.63) is 41.4 Å². The molecule has 1 fully saturated rings. The van der Waals surface area contributed by atoms with Crippen molar-refractivity contribution in [2.75, 3.05) is 13.1 Å². The Bertz CT molecular complexity index is 612. The van der Waals surface area contributed by atoms with Crippen LogP contribution in [-0.4, -0.2) is 31.9 Å². The molecule has 1 aromatic rings. The third kappa shape index (κ3) is 4.07. The molecule has 0 bridgehead atoms. The van der Waals surface area contributed by atoms with E-state index in [0.29, 0.717) is 19.1 Å². The van der Waals surface area contributed by atoms with Crippen LogP contribution in [0.25, 0.3) is 0 Å². The molecule has 0 amide bonds. The van der Waals surface area contributed by atoms with Gasteiger partial charge in [-0.15, -0.1) is 6.58 Å². The van der Waals surface area contributed by atoms with E-state index >= 15 is 0 Å². The summed E-state index contributed by atoms with van der Waals surface area (Å²) in [5.41, 5.74) is 0.930. The summed E-state index contributed by atoms with van der Waals surface area (Å²) in [7, 11) is -3.59. The van der Waals surface area contributed by atoms with Gasteiger partial charge in [-0.05, 0) is 30.5 Å². The van der Waals surface area contributed by atoms with E-state index in [1.165, 1.54) is 17.1 Å². The van der Waals surface area contributed by atoms with E-state index in [1.54, 1.807) is 25.1 Å². The third-order valence-corrected chi connectivity index (χ3v) is 5.89. The highest BCUT2D eigenvalue weighted by Crippen LogP contribution is 2.26. The van der Waals surface area contributed by atoms with Crippen LogP contribution in [0, 0.1) is 0 Å². The molecule has 0 radical (unpaired) electrons. The van der Waals surface area contributed by atoms with Crippen LogP contribution in [0.1, 0.15) is 25.3 Å². The maximum absolute atomic E-state index is 12.7. The highest BCUT2D eigenvalue weighted by molar-refractivity contribution is 7.89. The van der Waals surface area contributed by atoms with E-state index in [1.807, 2.05) is 6.07 Å². The standard InChI is InChI=1S/C15H21ClN2O2S/c1-3-9-18(4-2)21(19,20)15-10-12(5-8-14(15)16)11-17-13-6-7-13/h3,5,8,10,13,17H,1,4,6-7,9,11H2,2H3. The molecular formula is C15H21ClN2O2S. The Morgan fingerprint density at radius 3 is 2.76 bits per heavy atom. The van der Waals surface area contributed by atoms with Crippen molar-refractivity contribution in [1.29, 1.82) is 0 Å². The zero-order chi connectivity index (χ0) is 15.5. The Hall–Kier alpha value is -0.880. The van der Waals surface area contributed by atoms with E-state index in [-0.39, 0.29) is 16.5 Å². The molecule has 2 rings (SSSR count). The molecule has 0 heterocycles. The second-order valence-electron chi connectivity index (χ2n) is 5.16. The van der Waals surface area contributed by atoms with Crippen LogP contribution >= 0.6 is 11.6 Å². The number of halogens is 1. The van der Waals surface area contributed by atoms with Gasteiger partial charge in [0.25, 0.3) is 0 Å². The van der Waals surface area contributed by atoms with Gasteiger partial charge in [0.15, 0.2) is 0 Å². The number of benzene rings is 1. The Balaban J connectivity index is 2.26. The molecule has 1 saturated carbocycles. The highest BCUT2D eigenvalue weighted by Gasteiger charge is 2.25. The van der Waals surface area contributed by atoms with Gasteiger partial charge in [0.1, 0.15) is 4.90 Å². The lowest BCUT2D eigenvalue weighted by molar-refractivity contribution is 0.460. The smallest absolute Gasteiger partial charge is 0.244 e. The molecule has 6 heteroatoms. The second-order valence-corrected chi connectivity index (χ2v) is 7.48. The van der Waals surface area contributed by atoms with Crippen molar-refractivity contribution >= 4 is 21.6 Å². The average molecular weight is 329 g/mol. The van der Waals surface area contributed by atoms with Crippen LogP contribution in [0.5, 0.6) is 0 Å². The molecule has 1 aromatic carbocycles. The molecule has 116 valence electrons. The quantitative estimate of drug-likeness (QED) is 0.746. The first-order valence-electron chi connectivity index (χ1n) is 7.12. The first-order chi connectivity index (χ1) is 9.98. The van der Waals surface area contributed by atoms with Gasteiger partial charge >= 0.3 is 0 Å². The number of nitrogens with one attached hydrogen (secondary N) is 1. The van der Waals surface area contributed by atoms with Gasteiger partial charge in [-0.1, -0.05) is 30.7 Å². The molecule has 0 atom stereocenters. The molecule has 0 aromatic heterocycles. The summed E-state index contributed by atoms with van der Waals surface area (Å²) in [5.74, 6) is 0. The maximum Gasteiger partial charge on any atom is 0.244 e. The average Bonchev–Trinajstić information content (AvgIpc) is 3.27. The molecule has 1 aliphatic carbocycles. The molecule has 0 spiro atoms. The topological polar surface area (TPSA) is 49.4 Å². The van der Waals surface area contributed by atoms with Gasteiger partial charge in [0, 0.05) is 25.7 Å². The monoisotopic (exact) mass is 328 g/mol. The first-order valence-corrected chi connectivity index (χ1v) is 8.93. The number of rotatable bonds is 8. The van der Waals surface area contributed by atoms with Gasteiger partial charge in [-0.2, -0.15) is 4.31 Å². The minimum Gasteiger partial charge on any atom is -0.310 e. The van der Waals surface area contributed by atoms with Gasteiger partial charge < -0.3 is 5.32 Å². The number of hydrogen-bond acceptors (Lipinski definition) is 3. The predicted molar refractivity (Wildman–Crippen MR) is 85.9 cm³/mol. The zero-order valence-electron chi connectivity index (χ0n) is 12.2. The number of nitrogens with zero attached hydrogens (tertiary/aromatic N) is 1. The summed E-state index contributed by atoms with van der Waals surface area (Å²) in [5, 5.41) is 3.63. The van der Waals surface area contributed by atoms with Crippen LogP contribution < -0.4 is 5.32 Å². The lowest BCUT2D eigenvalue weighted by Gasteiger charge is -2.20. The Morgan fingerprint density at radius 1 is 1.48 bits per heavy atom. The Labute approximate surface area is 131 Å². The van der Waals surface area contributed by atoms with Crippen LogP contribution in [0.2, 0.25) is 5.02 Å². The van der Waals surface area contributed by atoms with Crippen molar-refractivity contribution in [1.82, 2.24) is 9.62 Å². The van der Waals surface area contributed by atoms with Crippen molar-refractivity contribution in [3.8, 4) is 0 Å². The van der Waals surface area contributed by atoms with E-state index in [0.717, 1.165) is 5.56 Å². The van der Waals surface area contributed by atoms with Crippen molar-refractivity contribution in [3.63, 3.8) is 0 Å². The zero-order valence-corrected chi connectivity index (χ0v) is 13.8. The summed E-state index contributed by atoms with van der Waals surface area (Å²) in [6.45, 7) is 6.73. The highest BCUT2D eigenvalue weighted by atomic mass is 35.5. The van der Waals surface area contributed by atoms with Crippen molar-refractivity contribution < 1.29 is 8.42 Å². The molecular weight excluding hydrogens is 308 g/mol. The lowest BCUT2D eigenvalue weighted by atomic mass is 10.2. The van der Waals surface area contributed by atoms with E-state index in [9.17, 15) is 8.42 Å². The molecule has 1 N–H and O–H groups in total. The Morgan fingerprint density at radius 2 is 2.19 bits per heavy atom. The fourth-order valence-electron chi connectivity index (χ4n) is 2.09. The minimum absolute atomic E-state index is 0.169. The van der Waals surface area contributed by atoms with Gasteiger partial charge in [-0.3, -0.25) is 0 Å². The summed E-state index contributed by atoms with van der Waals surface area (Å²) in [6, 6.07) is 5.76. The van der Waals surface area contributed by atoms with Crippen LogP contribution in [0.15, 0.2) is 35.7 Å². The fraction of sp³-hybridized carbons (Fsp3) is 0.467. The van der Waals surface area contributed by atoms with Gasteiger partial charge in [0.05, 0.1) is 5.02 Å². The predicted octanol–water partition coefficient (Wildman–Crippen LogP) is 2.79. The minimum atomic E-state index is -3.59. The molecule has 4 nitrogen and oxygen atoms in total. The Kier molecular flexibility index (Phi) is 5.43. The molecule has 0 unspecified atom stereocenters. The van der Waals surface area contributed by atoms with E-state index < -0.39 is 10.0 Å².